The van der Waals surface area contributed by atoms with Gasteiger partial charge in [0.05, 0.1) is 16.3 Å². The zero-order valence-electron chi connectivity index (χ0n) is 9.11. The predicted molar refractivity (Wildman–Crippen MR) is 68.8 cm³/mol. The fourth-order valence-corrected chi connectivity index (χ4v) is 1.63. The van der Waals surface area contributed by atoms with Gasteiger partial charge in [-0.25, -0.2) is 0 Å². The molecule has 6 heteroatoms. The summed E-state index contributed by atoms with van der Waals surface area (Å²) in [5.74, 6) is -0.190. The van der Waals surface area contributed by atoms with Crippen LogP contribution in [0.15, 0.2) is 18.2 Å². The van der Waals surface area contributed by atoms with Crippen LogP contribution in [0.1, 0.15) is 18.9 Å². The van der Waals surface area contributed by atoms with Gasteiger partial charge in [-0.15, -0.1) is 0 Å². The molecule has 0 N–H and O–H groups in total. The van der Waals surface area contributed by atoms with Crippen molar-refractivity contribution in [3.8, 4) is 6.07 Å². The first-order valence-electron chi connectivity index (χ1n) is 4.85. The second kappa shape index (κ2) is 6.60. The van der Waals surface area contributed by atoms with Gasteiger partial charge in [0.1, 0.15) is 11.6 Å². The summed E-state index contributed by atoms with van der Waals surface area (Å²) in [6, 6.07) is 6.63. The van der Waals surface area contributed by atoms with Gasteiger partial charge in [0.2, 0.25) is 0 Å². The average Bonchev–Trinajstić information content (AvgIpc) is 2.35. The molecule has 0 aliphatic carbocycles. The summed E-state index contributed by atoms with van der Waals surface area (Å²) in [5, 5.41) is 10.2. The summed E-state index contributed by atoms with van der Waals surface area (Å²) in [6.45, 7) is 1.73. The third-order valence-electron chi connectivity index (χ3n) is 2.01. The molecule has 0 heterocycles. The highest BCUT2D eigenvalue weighted by Gasteiger charge is 2.15. The van der Waals surface area contributed by atoms with E-state index in [0.717, 1.165) is 5.06 Å². The Kier molecular flexibility index (Phi) is 5.42. The van der Waals surface area contributed by atoms with E-state index in [1.807, 2.05) is 6.07 Å². The maximum Gasteiger partial charge on any atom is 0.250 e. The van der Waals surface area contributed by atoms with Crippen LogP contribution in [-0.4, -0.2) is 11.4 Å². The van der Waals surface area contributed by atoms with Crippen molar-refractivity contribution in [3.05, 3.63) is 28.8 Å². The number of nitriles is 1. The number of amides is 1. The molecule has 1 amide bonds. The lowest BCUT2D eigenvalue weighted by atomic mass is 10.2. The largest absolute Gasteiger partial charge is 0.272 e. The Morgan fingerprint density at radius 3 is 2.82 bits per heavy atom. The van der Waals surface area contributed by atoms with Gasteiger partial charge in [-0.1, -0.05) is 34.5 Å². The molecule has 0 fully saturated rings. The van der Waals surface area contributed by atoms with E-state index in [2.05, 4.69) is 15.9 Å². The first-order chi connectivity index (χ1) is 8.13. The molecule has 0 spiro atoms. The molecule has 0 unspecified atom stereocenters. The minimum Gasteiger partial charge on any atom is -0.272 e. The molecule has 0 saturated carbocycles. The first kappa shape index (κ1) is 14.0. The molecule has 1 rings (SSSR count). The number of halogens is 2. The van der Waals surface area contributed by atoms with Crippen molar-refractivity contribution in [2.45, 2.75) is 13.3 Å². The molecule has 0 aromatic heterocycles. The van der Waals surface area contributed by atoms with Crippen LogP contribution >= 0.6 is 27.5 Å². The highest BCUT2D eigenvalue weighted by atomic mass is 79.9. The van der Waals surface area contributed by atoms with E-state index < -0.39 is 0 Å². The molecule has 1 aromatic carbocycles. The van der Waals surface area contributed by atoms with Crippen LogP contribution in [0.4, 0.5) is 5.69 Å². The van der Waals surface area contributed by atoms with E-state index in [1.54, 1.807) is 19.1 Å². The average molecular weight is 318 g/mol. The van der Waals surface area contributed by atoms with Gasteiger partial charge < -0.3 is 0 Å². The maximum absolute atomic E-state index is 11.6. The quantitative estimate of drug-likeness (QED) is 0.633. The number of carbonyl (C=O) groups excluding carboxylic acids is 1. The van der Waals surface area contributed by atoms with Crippen molar-refractivity contribution in [2.75, 3.05) is 10.6 Å². The fraction of sp³-hybridized carbons (Fsp3) is 0.273. The Bertz CT molecular complexity index is 459. The highest BCUT2D eigenvalue weighted by Crippen LogP contribution is 2.24. The Balaban J connectivity index is 3.07. The third kappa shape index (κ3) is 3.43. The van der Waals surface area contributed by atoms with Crippen LogP contribution in [0.3, 0.4) is 0 Å². The highest BCUT2D eigenvalue weighted by molar-refractivity contribution is 9.09. The van der Waals surface area contributed by atoms with E-state index in [-0.39, 0.29) is 16.4 Å². The van der Waals surface area contributed by atoms with E-state index in [0.29, 0.717) is 17.7 Å². The lowest BCUT2D eigenvalue weighted by Crippen LogP contribution is -2.29. The molecule has 0 atom stereocenters. The van der Waals surface area contributed by atoms with Crippen LogP contribution in [0, 0.1) is 11.3 Å². The first-order valence-corrected chi connectivity index (χ1v) is 6.35. The van der Waals surface area contributed by atoms with Gasteiger partial charge in [0, 0.05) is 6.42 Å². The topological polar surface area (TPSA) is 53.3 Å². The third-order valence-corrected chi connectivity index (χ3v) is 2.53. The number of carbonyl (C=O) groups is 1. The van der Waals surface area contributed by atoms with Gasteiger partial charge in [-0.05, 0) is 18.2 Å². The van der Waals surface area contributed by atoms with Gasteiger partial charge in [-0.3, -0.25) is 9.63 Å². The molecule has 1 aromatic rings. The minimum absolute atomic E-state index is 0.190. The Hall–Kier alpha value is -1.09. The number of rotatable bonds is 4. The molecule has 0 bridgehead atoms. The second-order valence-corrected chi connectivity index (χ2v) is 3.92. The van der Waals surface area contributed by atoms with Gasteiger partial charge in [0.15, 0.2) is 0 Å². The summed E-state index contributed by atoms with van der Waals surface area (Å²) >= 11 is 8.98. The predicted octanol–water partition coefficient (Wildman–Crippen LogP) is 3.24. The summed E-state index contributed by atoms with van der Waals surface area (Å²) in [5.41, 5.74) is 1.05. The summed E-state index contributed by atoms with van der Waals surface area (Å²) in [4.78, 5) is 16.8. The van der Waals surface area contributed by atoms with Crippen LogP contribution in [0.25, 0.3) is 0 Å². The summed E-state index contributed by atoms with van der Waals surface area (Å²) < 4.78 is 0. The summed E-state index contributed by atoms with van der Waals surface area (Å²) in [7, 11) is 0. The summed E-state index contributed by atoms with van der Waals surface area (Å²) in [6.07, 6.45) is 0.310. The molecular formula is C11H10BrClN2O2. The van der Waals surface area contributed by atoms with Crippen LogP contribution in [-0.2, 0) is 9.63 Å². The number of hydrogen-bond donors (Lipinski definition) is 0. The Morgan fingerprint density at radius 1 is 1.65 bits per heavy atom. The van der Waals surface area contributed by atoms with E-state index in [1.165, 1.54) is 6.07 Å². The van der Waals surface area contributed by atoms with Crippen molar-refractivity contribution >= 4 is 39.1 Å². The standard InChI is InChI=1S/C11H10BrClN2O2/c1-2-11(16)15(17-7-12)9-4-3-8(6-14)10(13)5-9/h3-5H,2,7H2,1H3. The molecule has 90 valence electrons. The smallest absolute Gasteiger partial charge is 0.250 e. The zero-order valence-corrected chi connectivity index (χ0v) is 11.5. The number of hydrogen-bond acceptors (Lipinski definition) is 3. The lowest BCUT2D eigenvalue weighted by molar-refractivity contribution is -0.124. The molecule has 4 nitrogen and oxygen atoms in total. The van der Waals surface area contributed by atoms with Crippen molar-refractivity contribution < 1.29 is 9.63 Å². The second-order valence-electron chi connectivity index (χ2n) is 3.06. The molecule has 0 aliphatic heterocycles. The monoisotopic (exact) mass is 316 g/mol. The number of anilines is 1. The van der Waals surface area contributed by atoms with E-state index in [9.17, 15) is 4.79 Å². The normalized spacial score (nSPS) is 9.76. The van der Waals surface area contributed by atoms with Crippen LogP contribution in [0.2, 0.25) is 5.02 Å². The van der Waals surface area contributed by atoms with Crippen molar-refractivity contribution in [2.24, 2.45) is 0 Å². The van der Waals surface area contributed by atoms with Crippen LogP contribution < -0.4 is 5.06 Å². The number of nitrogens with zero attached hydrogens (tertiary/aromatic N) is 2. The van der Waals surface area contributed by atoms with Gasteiger partial charge >= 0.3 is 0 Å². The van der Waals surface area contributed by atoms with E-state index in [4.69, 9.17) is 21.7 Å². The Labute approximate surface area is 113 Å². The number of hydroxylamine groups is 1. The molecular weight excluding hydrogens is 307 g/mol. The molecule has 0 radical (unpaired) electrons. The lowest BCUT2D eigenvalue weighted by Gasteiger charge is -2.20. The SMILES string of the molecule is CCC(=O)N(OCBr)c1ccc(C#N)c(Cl)c1. The van der Waals surface area contributed by atoms with Gasteiger partial charge in [0.25, 0.3) is 5.91 Å². The molecule has 0 aliphatic rings. The fourth-order valence-electron chi connectivity index (χ4n) is 1.20. The molecule has 17 heavy (non-hydrogen) atoms. The number of alkyl halides is 1. The number of benzene rings is 1. The maximum atomic E-state index is 11.6. The minimum atomic E-state index is -0.190. The van der Waals surface area contributed by atoms with Gasteiger partial charge in [-0.2, -0.15) is 10.3 Å². The molecule has 0 saturated heterocycles. The van der Waals surface area contributed by atoms with E-state index >= 15 is 0 Å². The van der Waals surface area contributed by atoms with Crippen molar-refractivity contribution in [1.29, 1.82) is 5.26 Å². The van der Waals surface area contributed by atoms with Crippen molar-refractivity contribution in [1.82, 2.24) is 0 Å². The zero-order chi connectivity index (χ0) is 12.8. The Morgan fingerprint density at radius 2 is 2.35 bits per heavy atom. The van der Waals surface area contributed by atoms with Crippen molar-refractivity contribution in [3.63, 3.8) is 0 Å². The van der Waals surface area contributed by atoms with Crippen LogP contribution in [0.5, 0.6) is 0 Å².